The van der Waals surface area contributed by atoms with E-state index >= 15 is 0 Å². The number of carbonyl (C=O) groups excluding carboxylic acids is 1. The minimum absolute atomic E-state index is 0.128. The smallest absolute Gasteiger partial charge is 0.347 e. The number of aromatic carboxylic acids is 1. The first-order valence-corrected chi connectivity index (χ1v) is 6.90. The maximum atomic E-state index is 11.2. The molecule has 1 aromatic heterocycles. The van der Waals surface area contributed by atoms with Gasteiger partial charge < -0.3 is 10.4 Å². The van der Waals surface area contributed by atoms with Gasteiger partial charge in [0, 0.05) is 18.4 Å². The molecular formula is C13H11ClN2O3S. The van der Waals surface area contributed by atoms with Crippen LogP contribution in [0.4, 0.5) is 5.13 Å². The minimum atomic E-state index is -1.05. The Hall–Kier alpha value is -1.92. The molecule has 0 saturated carbocycles. The molecule has 0 aliphatic rings. The van der Waals surface area contributed by atoms with E-state index < -0.39 is 5.97 Å². The van der Waals surface area contributed by atoms with Crippen LogP contribution in [0.15, 0.2) is 24.3 Å². The van der Waals surface area contributed by atoms with Gasteiger partial charge in [-0.1, -0.05) is 35.1 Å². The number of halogens is 1. The summed E-state index contributed by atoms with van der Waals surface area (Å²) in [4.78, 5) is 26.5. The lowest BCUT2D eigenvalue weighted by Gasteiger charge is -2.00. The largest absolute Gasteiger partial charge is 0.477 e. The summed E-state index contributed by atoms with van der Waals surface area (Å²) in [7, 11) is 0. The second kappa shape index (κ2) is 6.02. The first-order chi connectivity index (χ1) is 9.45. The summed E-state index contributed by atoms with van der Waals surface area (Å²) in [6.07, 6.45) is 0.370. The Morgan fingerprint density at radius 3 is 2.55 bits per heavy atom. The number of carbonyl (C=O) groups is 2. The number of nitrogens with one attached hydrogen (secondary N) is 1. The number of aromatic nitrogens is 1. The number of amides is 1. The molecule has 2 aromatic rings. The number of carboxylic acid groups (broad SMARTS) is 1. The van der Waals surface area contributed by atoms with Crippen LogP contribution in [0.1, 0.15) is 27.9 Å². The van der Waals surface area contributed by atoms with Gasteiger partial charge in [-0.25, -0.2) is 9.78 Å². The van der Waals surface area contributed by atoms with Gasteiger partial charge in [-0.15, -0.1) is 0 Å². The zero-order valence-electron chi connectivity index (χ0n) is 10.5. The molecule has 0 aliphatic carbocycles. The molecule has 0 atom stereocenters. The highest BCUT2D eigenvalue weighted by Crippen LogP contribution is 2.25. The van der Waals surface area contributed by atoms with Gasteiger partial charge in [0.25, 0.3) is 0 Å². The number of carboxylic acids is 1. The predicted molar refractivity (Wildman–Crippen MR) is 77.6 cm³/mol. The number of benzene rings is 1. The van der Waals surface area contributed by atoms with E-state index in [-0.39, 0.29) is 10.8 Å². The Morgan fingerprint density at radius 2 is 2.00 bits per heavy atom. The van der Waals surface area contributed by atoms with Crippen molar-refractivity contribution >= 4 is 39.9 Å². The summed E-state index contributed by atoms with van der Waals surface area (Å²) < 4.78 is 0. The summed E-state index contributed by atoms with van der Waals surface area (Å²) in [5.41, 5.74) is 1.32. The predicted octanol–water partition coefficient (Wildman–Crippen LogP) is 3.04. The monoisotopic (exact) mass is 310 g/mol. The summed E-state index contributed by atoms with van der Waals surface area (Å²) in [6.45, 7) is 1.35. The highest BCUT2D eigenvalue weighted by Gasteiger charge is 2.18. The Labute approximate surface area is 124 Å². The van der Waals surface area contributed by atoms with E-state index in [9.17, 15) is 14.7 Å². The molecule has 0 aliphatic heterocycles. The second-order valence-corrected chi connectivity index (χ2v) is 5.52. The average Bonchev–Trinajstić information content (AvgIpc) is 2.74. The Balaban J connectivity index is 2.29. The fraction of sp³-hybridized carbons (Fsp3) is 0.154. The Kier molecular flexibility index (Phi) is 4.36. The molecule has 1 amide bonds. The lowest BCUT2D eigenvalue weighted by molar-refractivity contribution is -0.114. The van der Waals surface area contributed by atoms with Crippen molar-refractivity contribution in [1.29, 1.82) is 0 Å². The van der Waals surface area contributed by atoms with E-state index in [2.05, 4.69) is 10.3 Å². The third-order valence-corrected chi connectivity index (χ3v) is 3.71. The van der Waals surface area contributed by atoms with Crippen molar-refractivity contribution in [2.75, 3.05) is 5.32 Å². The van der Waals surface area contributed by atoms with Crippen LogP contribution in [0.2, 0.25) is 5.02 Å². The third kappa shape index (κ3) is 3.55. The molecule has 1 aromatic carbocycles. The number of hydrogen-bond donors (Lipinski definition) is 2. The number of hydrogen-bond acceptors (Lipinski definition) is 4. The van der Waals surface area contributed by atoms with Gasteiger partial charge in [0.15, 0.2) is 5.13 Å². The molecule has 20 heavy (non-hydrogen) atoms. The number of thiazole rings is 1. The van der Waals surface area contributed by atoms with Crippen LogP contribution in [0, 0.1) is 0 Å². The van der Waals surface area contributed by atoms with E-state index in [1.54, 1.807) is 12.1 Å². The number of rotatable bonds is 4. The molecule has 0 bridgehead atoms. The van der Waals surface area contributed by atoms with Gasteiger partial charge in [0.1, 0.15) is 4.88 Å². The zero-order chi connectivity index (χ0) is 14.7. The molecule has 1 heterocycles. The second-order valence-electron chi connectivity index (χ2n) is 4.08. The maximum Gasteiger partial charge on any atom is 0.347 e. The van der Waals surface area contributed by atoms with E-state index in [4.69, 9.17) is 11.6 Å². The van der Waals surface area contributed by atoms with Crippen LogP contribution < -0.4 is 5.32 Å². The quantitative estimate of drug-likeness (QED) is 0.909. The maximum absolute atomic E-state index is 11.2. The lowest BCUT2D eigenvalue weighted by atomic mass is 10.1. The van der Waals surface area contributed by atoms with E-state index in [1.807, 2.05) is 12.1 Å². The van der Waals surface area contributed by atoms with Crippen LogP contribution in [-0.4, -0.2) is 22.0 Å². The van der Waals surface area contributed by atoms with Crippen LogP contribution in [0.25, 0.3) is 0 Å². The summed E-state index contributed by atoms with van der Waals surface area (Å²) in [5.74, 6) is -1.34. The normalized spacial score (nSPS) is 10.3. The topological polar surface area (TPSA) is 79.3 Å². The molecule has 7 heteroatoms. The fourth-order valence-corrected chi connectivity index (χ4v) is 2.63. The molecule has 2 N–H and O–H groups in total. The van der Waals surface area contributed by atoms with Gasteiger partial charge in [0.2, 0.25) is 5.91 Å². The fourth-order valence-electron chi connectivity index (χ4n) is 1.64. The highest BCUT2D eigenvalue weighted by molar-refractivity contribution is 7.17. The lowest BCUT2D eigenvalue weighted by Crippen LogP contribution is -2.05. The summed E-state index contributed by atoms with van der Waals surface area (Å²) in [6, 6.07) is 7.09. The van der Waals surface area contributed by atoms with Crippen molar-refractivity contribution in [1.82, 2.24) is 4.98 Å². The van der Waals surface area contributed by atoms with Crippen LogP contribution in [0.3, 0.4) is 0 Å². The number of anilines is 1. The molecule has 5 nitrogen and oxygen atoms in total. The van der Waals surface area contributed by atoms with Gasteiger partial charge >= 0.3 is 5.97 Å². The molecule has 2 rings (SSSR count). The van der Waals surface area contributed by atoms with Gasteiger partial charge in [-0.2, -0.15) is 0 Å². The molecule has 0 radical (unpaired) electrons. The van der Waals surface area contributed by atoms with Gasteiger partial charge in [-0.05, 0) is 17.7 Å². The molecule has 0 saturated heterocycles. The SMILES string of the molecule is CC(=O)Nc1nc(Cc2ccc(Cl)cc2)c(C(=O)O)s1. The van der Waals surface area contributed by atoms with Crippen LogP contribution >= 0.6 is 22.9 Å². The summed E-state index contributed by atoms with van der Waals surface area (Å²) in [5, 5.41) is 12.6. The van der Waals surface area contributed by atoms with Crippen molar-refractivity contribution in [2.24, 2.45) is 0 Å². The van der Waals surface area contributed by atoms with E-state index in [1.165, 1.54) is 6.92 Å². The molecule has 0 unspecified atom stereocenters. The zero-order valence-corrected chi connectivity index (χ0v) is 12.1. The van der Waals surface area contributed by atoms with E-state index in [0.29, 0.717) is 22.3 Å². The highest BCUT2D eigenvalue weighted by atomic mass is 35.5. The minimum Gasteiger partial charge on any atom is -0.477 e. The first-order valence-electron chi connectivity index (χ1n) is 5.70. The molecule has 0 spiro atoms. The van der Waals surface area contributed by atoms with Crippen molar-refractivity contribution in [3.8, 4) is 0 Å². The van der Waals surface area contributed by atoms with Crippen molar-refractivity contribution in [3.63, 3.8) is 0 Å². The van der Waals surface area contributed by atoms with Gasteiger partial charge in [-0.3, -0.25) is 4.79 Å². The standard InChI is InChI=1S/C13H11ClN2O3S/c1-7(17)15-13-16-10(11(20-13)12(18)19)6-8-2-4-9(14)5-3-8/h2-5H,6H2,1H3,(H,18,19)(H,15,16,17). The van der Waals surface area contributed by atoms with Crippen LogP contribution in [0.5, 0.6) is 0 Å². The Bertz CT molecular complexity index is 652. The van der Waals surface area contributed by atoms with E-state index in [0.717, 1.165) is 16.9 Å². The average molecular weight is 311 g/mol. The molecule has 104 valence electrons. The van der Waals surface area contributed by atoms with Crippen LogP contribution in [-0.2, 0) is 11.2 Å². The number of nitrogens with zero attached hydrogens (tertiary/aromatic N) is 1. The molecule has 0 fully saturated rings. The van der Waals surface area contributed by atoms with Crippen molar-refractivity contribution in [3.05, 3.63) is 45.4 Å². The molecular weight excluding hydrogens is 300 g/mol. The first kappa shape index (κ1) is 14.5. The van der Waals surface area contributed by atoms with Gasteiger partial charge in [0.05, 0.1) is 5.69 Å². The Morgan fingerprint density at radius 1 is 1.35 bits per heavy atom. The van der Waals surface area contributed by atoms with Crippen molar-refractivity contribution in [2.45, 2.75) is 13.3 Å². The van der Waals surface area contributed by atoms with Crippen molar-refractivity contribution < 1.29 is 14.7 Å². The third-order valence-electron chi connectivity index (χ3n) is 2.46. The summed E-state index contributed by atoms with van der Waals surface area (Å²) >= 11 is 6.75.